The molecule has 100 valence electrons. The van der Waals surface area contributed by atoms with Crippen LogP contribution in [0.1, 0.15) is 13.3 Å². The minimum absolute atomic E-state index is 0.358. The van der Waals surface area contributed by atoms with Crippen molar-refractivity contribution in [2.24, 2.45) is 0 Å². The van der Waals surface area contributed by atoms with E-state index in [1.54, 1.807) is 0 Å². The SMILES string of the molecule is CCCNCC1COCCN1c1ncccc1Br. The van der Waals surface area contributed by atoms with Gasteiger partial charge in [0.05, 0.1) is 23.7 Å². The van der Waals surface area contributed by atoms with Gasteiger partial charge in [0, 0.05) is 19.3 Å². The standard InChI is InChI=1S/C13H20BrN3O/c1-2-5-15-9-11-10-18-8-7-17(11)13-12(14)4-3-6-16-13/h3-4,6,11,15H,2,5,7-10H2,1H3. The molecule has 1 saturated heterocycles. The van der Waals surface area contributed by atoms with E-state index >= 15 is 0 Å². The van der Waals surface area contributed by atoms with Crippen molar-refractivity contribution in [1.82, 2.24) is 10.3 Å². The summed E-state index contributed by atoms with van der Waals surface area (Å²) in [6, 6.07) is 4.34. The molecule has 0 bridgehead atoms. The molecule has 2 heterocycles. The van der Waals surface area contributed by atoms with Gasteiger partial charge >= 0.3 is 0 Å². The maximum atomic E-state index is 5.58. The summed E-state index contributed by atoms with van der Waals surface area (Å²) in [5.74, 6) is 1.02. The lowest BCUT2D eigenvalue weighted by Crippen LogP contribution is -2.51. The molecule has 0 aromatic carbocycles. The highest BCUT2D eigenvalue weighted by atomic mass is 79.9. The van der Waals surface area contributed by atoms with Gasteiger partial charge in [-0.1, -0.05) is 6.92 Å². The van der Waals surface area contributed by atoms with Crippen LogP contribution in [-0.4, -0.2) is 43.9 Å². The van der Waals surface area contributed by atoms with Gasteiger partial charge in [0.2, 0.25) is 0 Å². The largest absolute Gasteiger partial charge is 0.377 e. The number of halogens is 1. The second-order valence-electron chi connectivity index (χ2n) is 4.44. The van der Waals surface area contributed by atoms with Crippen molar-refractivity contribution in [3.05, 3.63) is 22.8 Å². The molecule has 0 spiro atoms. The number of ether oxygens (including phenoxy) is 1. The van der Waals surface area contributed by atoms with Crippen molar-refractivity contribution >= 4 is 21.7 Å². The van der Waals surface area contributed by atoms with Crippen molar-refractivity contribution in [2.45, 2.75) is 19.4 Å². The number of hydrogen-bond donors (Lipinski definition) is 1. The molecule has 4 nitrogen and oxygen atoms in total. The fraction of sp³-hybridized carbons (Fsp3) is 0.615. The summed E-state index contributed by atoms with van der Waals surface area (Å²) in [5.41, 5.74) is 0. The van der Waals surface area contributed by atoms with Crippen LogP contribution in [0.3, 0.4) is 0 Å². The molecule has 1 unspecified atom stereocenters. The van der Waals surface area contributed by atoms with Gasteiger partial charge in [-0.25, -0.2) is 4.98 Å². The predicted molar refractivity (Wildman–Crippen MR) is 77.1 cm³/mol. The van der Waals surface area contributed by atoms with Crippen molar-refractivity contribution in [3.8, 4) is 0 Å². The third kappa shape index (κ3) is 3.43. The molecular weight excluding hydrogens is 294 g/mol. The quantitative estimate of drug-likeness (QED) is 0.844. The van der Waals surface area contributed by atoms with E-state index in [9.17, 15) is 0 Å². The summed E-state index contributed by atoms with van der Waals surface area (Å²) in [6.45, 7) is 6.60. The van der Waals surface area contributed by atoms with Crippen LogP contribution in [0.15, 0.2) is 22.8 Å². The highest BCUT2D eigenvalue weighted by Crippen LogP contribution is 2.25. The zero-order valence-electron chi connectivity index (χ0n) is 10.7. The molecule has 1 fully saturated rings. The summed E-state index contributed by atoms with van der Waals surface area (Å²) in [5, 5.41) is 3.46. The minimum Gasteiger partial charge on any atom is -0.377 e. The molecule has 18 heavy (non-hydrogen) atoms. The van der Waals surface area contributed by atoms with E-state index in [2.05, 4.69) is 38.1 Å². The van der Waals surface area contributed by atoms with Gasteiger partial charge in [-0.2, -0.15) is 0 Å². The van der Waals surface area contributed by atoms with Crippen molar-refractivity contribution in [3.63, 3.8) is 0 Å². The van der Waals surface area contributed by atoms with Gasteiger partial charge < -0.3 is 15.0 Å². The number of nitrogens with one attached hydrogen (secondary N) is 1. The van der Waals surface area contributed by atoms with Crippen LogP contribution in [-0.2, 0) is 4.74 Å². The number of pyridine rings is 1. The van der Waals surface area contributed by atoms with Gasteiger partial charge in [-0.05, 0) is 41.0 Å². The van der Waals surface area contributed by atoms with E-state index < -0.39 is 0 Å². The van der Waals surface area contributed by atoms with Crippen molar-refractivity contribution in [2.75, 3.05) is 37.7 Å². The molecule has 0 saturated carbocycles. The van der Waals surface area contributed by atoms with E-state index in [1.807, 2.05) is 18.3 Å². The summed E-state index contributed by atoms with van der Waals surface area (Å²) in [6.07, 6.45) is 2.99. The zero-order chi connectivity index (χ0) is 12.8. The van der Waals surface area contributed by atoms with E-state index in [0.717, 1.165) is 49.6 Å². The van der Waals surface area contributed by atoms with Crippen LogP contribution in [0.2, 0.25) is 0 Å². The zero-order valence-corrected chi connectivity index (χ0v) is 12.3. The maximum absolute atomic E-state index is 5.58. The Morgan fingerprint density at radius 1 is 1.61 bits per heavy atom. The van der Waals surface area contributed by atoms with Crippen molar-refractivity contribution in [1.29, 1.82) is 0 Å². The monoisotopic (exact) mass is 313 g/mol. The Bertz CT molecular complexity index is 375. The first-order chi connectivity index (χ1) is 8.83. The van der Waals surface area contributed by atoms with Gasteiger partial charge in [0.1, 0.15) is 5.82 Å². The van der Waals surface area contributed by atoms with Gasteiger partial charge in [0.15, 0.2) is 0 Å². The maximum Gasteiger partial charge on any atom is 0.143 e. The highest BCUT2D eigenvalue weighted by Gasteiger charge is 2.25. The summed E-state index contributed by atoms with van der Waals surface area (Å²) in [7, 11) is 0. The second kappa shape index (κ2) is 7.07. The lowest BCUT2D eigenvalue weighted by atomic mass is 10.2. The molecule has 1 aromatic rings. The van der Waals surface area contributed by atoms with E-state index in [1.165, 1.54) is 0 Å². The second-order valence-corrected chi connectivity index (χ2v) is 5.29. The lowest BCUT2D eigenvalue weighted by Gasteiger charge is -2.37. The van der Waals surface area contributed by atoms with E-state index in [0.29, 0.717) is 6.04 Å². The topological polar surface area (TPSA) is 37.4 Å². The predicted octanol–water partition coefficient (Wildman–Crippen LogP) is 2.05. The van der Waals surface area contributed by atoms with E-state index in [4.69, 9.17) is 4.74 Å². The number of hydrogen-bond acceptors (Lipinski definition) is 4. The molecule has 0 radical (unpaired) electrons. The molecule has 1 aliphatic heterocycles. The van der Waals surface area contributed by atoms with E-state index in [-0.39, 0.29) is 0 Å². The fourth-order valence-electron chi connectivity index (χ4n) is 2.14. The van der Waals surface area contributed by atoms with Crippen LogP contribution in [0.5, 0.6) is 0 Å². The third-order valence-electron chi connectivity index (χ3n) is 3.05. The Morgan fingerprint density at radius 2 is 2.50 bits per heavy atom. The Labute approximate surface area is 117 Å². The molecule has 5 heteroatoms. The smallest absolute Gasteiger partial charge is 0.143 e. The van der Waals surface area contributed by atoms with Gasteiger partial charge in [-0.15, -0.1) is 0 Å². The van der Waals surface area contributed by atoms with Crippen LogP contribution in [0.4, 0.5) is 5.82 Å². The molecule has 1 N–H and O–H groups in total. The molecular formula is C13H20BrN3O. The fourth-order valence-corrected chi connectivity index (χ4v) is 2.62. The first-order valence-corrected chi connectivity index (χ1v) is 7.28. The lowest BCUT2D eigenvalue weighted by molar-refractivity contribution is 0.0933. The number of rotatable bonds is 5. The Morgan fingerprint density at radius 3 is 3.28 bits per heavy atom. The molecule has 0 aliphatic carbocycles. The molecule has 0 amide bonds. The minimum atomic E-state index is 0.358. The van der Waals surface area contributed by atoms with Gasteiger partial charge in [0.25, 0.3) is 0 Å². The first kappa shape index (κ1) is 13.8. The Kier molecular flexibility index (Phi) is 5.41. The highest BCUT2D eigenvalue weighted by molar-refractivity contribution is 9.10. The number of anilines is 1. The number of aromatic nitrogens is 1. The summed E-state index contributed by atoms with van der Waals surface area (Å²) in [4.78, 5) is 6.81. The van der Waals surface area contributed by atoms with Crippen molar-refractivity contribution < 1.29 is 4.74 Å². The Balaban J connectivity index is 2.05. The third-order valence-corrected chi connectivity index (χ3v) is 3.66. The first-order valence-electron chi connectivity index (χ1n) is 6.48. The van der Waals surface area contributed by atoms with Gasteiger partial charge in [-0.3, -0.25) is 0 Å². The summed E-state index contributed by atoms with van der Waals surface area (Å²) >= 11 is 3.58. The molecule has 2 rings (SSSR count). The normalized spacial score (nSPS) is 20.1. The Hall–Kier alpha value is -0.650. The number of morpholine rings is 1. The average Bonchev–Trinajstić information content (AvgIpc) is 2.40. The van der Waals surface area contributed by atoms with Crippen LogP contribution in [0.25, 0.3) is 0 Å². The molecule has 1 atom stereocenters. The van der Waals surface area contributed by atoms with Crippen LogP contribution >= 0.6 is 15.9 Å². The molecule has 1 aromatic heterocycles. The summed E-state index contributed by atoms with van der Waals surface area (Å²) < 4.78 is 6.63. The molecule has 1 aliphatic rings. The van der Waals surface area contributed by atoms with Crippen LogP contribution < -0.4 is 10.2 Å². The number of nitrogens with zero attached hydrogens (tertiary/aromatic N) is 2. The van der Waals surface area contributed by atoms with Crippen LogP contribution in [0, 0.1) is 0 Å². The average molecular weight is 314 g/mol.